The molecule has 1 aliphatic rings. The molecule has 0 spiro atoms. The number of carbonyl (C=O) groups excluding carboxylic acids is 2. The Morgan fingerprint density at radius 2 is 1.74 bits per heavy atom. The molecule has 0 unspecified atom stereocenters. The molecule has 182 valence electrons. The van der Waals surface area contributed by atoms with Gasteiger partial charge in [0.1, 0.15) is 23.9 Å². The number of rotatable bonds is 10. The quantitative estimate of drug-likeness (QED) is 0.443. The number of thiazole rings is 1. The zero-order valence-electron chi connectivity index (χ0n) is 19.1. The molecule has 9 nitrogen and oxygen atoms in total. The normalized spacial score (nSPS) is 12.0. The Kier molecular flexibility index (Phi) is 7.74. The van der Waals surface area contributed by atoms with E-state index < -0.39 is 24.5 Å². The van der Waals surface area contributed by atoms with Gasteiger partial charge in [0.25, 0.3) is 5.91 Å². The van der Waals surface area contributed by atoms with E-state index in [-0.39, 0.29) is 37.9 Å². The van der Waals surface area contributed by atoms with Crippen LogP contribution in [0.1, 0.15) is 32.5 Å². The maximum absolute atomic E-state index is 12.6. The van der Waals surface area contributed by atoms with Gasteiger partial charge in [0.15, 0.2) is 0 Å². The van der Waals surface area contributed by atoms with Crippen LogP contribution in [0.15, 0.2) is 53.9 Å². The third-order valence-corrected chi connectivity index (χ3v) is 6.53. The summed E-state index contributed by atoms with van der Waals surface area (Å²) in [5.74, 6) is -1.67. The number of alkyl carbamates (subject to hydrolysis) is 1. The highest BCUT2D eigenvalue weighted by atomic mass is 32.1. The van der Waals surface area contributed by atoms with Crippen molar-refractivity contribution in [1.29, 1.82) is 0 Å². The fourth-order valence-electron chi connectivity index (χ4n) is 4.07. The number of aliphatic carboxylic acids is 1. The summed E-state index contributed by atoms with van der Waals surface area (Å²) >= 11 is 1.20. The predicted octanol–water partition coefficient (Wildman–Crippen LogP) is 3.36. The Bertz CT molecular complexity index is 1180. The van der Waals surface area contributed by atoms with E-state index in [1.54, 1.807) is 5.38 Å². The summed E-state index contributed by atoms with van der Waals surface area (Å²) in [7, 11) is 1.47. The molecule has 0 aliphatic heterocycles. The van der Waals surface area contributed by atoms with E-state index in [9.17, 15) is 14.4 Å². The van der Waals surface area contributed by atoms with Crippen molar-refractivity contribution in [1.82, 2.24) is 15.2 Å². The van der Waals surface area contributed by atoms with Crippen molar-refractivity contribution in [2.45, 2.75) is 12.5 Å². The number of carboxylic acids is 1. The van der Waals surface area contributed by atoms with E-state index >= 15 is 0 Å². The Balaban J connectivity index is 1.32. The lowest BCUT2D eigenvalue weighted by Crippen LogP contribution is -2.38. The predicted molar refractivity (Wildman–Crippen MR) is 129 cm³/mol. The van der Waals surface area contributed by atoms with Gasteiger partial charge >= 0.3 is 12.1 Å². The van der Waals surface area contributed by atoms with Crippen molar-refractivity contribution >= 4 is 29.3 Å². The number of hydrogen-bond donors (Lipinski definition) is 2. The van der Waals surface area contributed by atoms with Crippen LogP contribution in [0, 0.1) is 0 Å². The number of aromatic nitrogens is 1. The largest absolute Gasteiger partial charge is 0.480 e. The van der Waals surface area contributed by atoms with Gasteiger partial charge in [-0.15, -0.1) is 11.3 Å². The van der Waals surface area contributed by atoms with Crippen LogP contribution in [0.3, 0.4) is 0 Å². The molecule has 2 N–H and O–H groups in total. The summed E-state index contributed by atoms with van der Waals surface area (Å²) in [6.45, 7) is 0.176. The van der Waals surface area contributed by atoms with Crippen LogP contribution in [0.5, 0.6) is 0 Å². The molecule has 1 heterocycles. The lowest BCUT2D eigenvalue weighted by Gasteiger charge is -2.18. The molecule has 1 aromatic heterocycles. The Hall–Kier alpha value is -3.76. The zero-order chi connectivity index (χ0) is 24.8. The average molecular weight is 496 g/mol. The second-order valence-electron chi connectivity index (χ2n) is 7.92. The SMILES string of the molecule is COCCN(CC(=O)O)C(=O)c1csc(CNC(=O)OCC2c3ccccc3-c3ccccc32)n1. The van der Waals surface area contributed by atoms with E-state index in [2.05, 4.69) is 34.6 Å². The first kappa shape index (κ1) is 24.4. The zero-order valence-corrected chi connectivity index (χ0v) is 19.9. The van der Waals surface area contributed by atoms with Crippen LogP contribution >= 0.6 is 11.3 Å². The van der Waals surface area contributed by atoms with Crippen LogP contribution < -0.4 is 5.32 Å². The molecule has 1 aliphatic carbocycles. The Morgan fingerprint density at radius 3 is 2.37 bits per heavy atom. The molecule has 2 amide bonds. The minimum Gasteiger partial charge on any atom is -0.480 e. The number of amides is 2. The summed E-state index contributed by atoms with van der Waals surface area (Å²) < 4.78 is 10.5. The van der Waals surface area contributed by atoms with E-state index in [0.717, 1.165) is 27.2 Å². The first-order chi connectivity index (χ1) is 17.0. The third-order valence-electron chi connectivity index (χ3n) is 5.68. The Labute approximate surface area is 206 Å². The molecule has 0 saturated carbocycles. The molecule has 0 saturated heterocycles. The van der Waals surface area contributed by atoms with Crippen LogP contribution in [0.4, 0.5) is 4.79 Å². The topological polar surface area (TPSA) is 118 Å². The number of nitrogens with zero attached hydrogens (tertiary/aromatic N) is 2. The lowest BCUT2D eigenvalue weighted by molar-refractivity contribution is -0.137. The summed E-state index contributed by atoms with van der Waals surface area (Å²) in [6, 6.07) is 16.2. The van der Waals surface area contributed by atoms with Crippen LogP contribution in [-0.4, -0.2) is 66.4 Å². The van der Waals surface area contributed by atoms with Crippen LogP contribution in [0.2, 0.25) is 0 Å². The molecule has 0 fully saturated rings. The maximum Gasteiger partial charge on any atom is 0.407 e. The van der Waals surface area contributed by atoms with Crippen molar-refractivity contribution in [2.75, 3.05) is 33.4 Å². The molecule has 4 rings (SSSR count). The lowest BCUT2D eigenvalue weighted by atomic mass is 9.98. The number of hydrogen-bond acceptors (Lipinski definition) is 7. The first-order valence-corrected chi connectivity index (χ1v) is 11.9. The van der Waals surface area contributed by atoms with Gasteiger partial charge in [-0.05, 0) is 22.3 Å². The van der Waals surface area contributed by atoms with Gasteiger partial charge in [-0.3, -0.25) is 9.59 Å². The highest BCUT2D eigenvalue weighted by Crippen LogP contribution is 2.44. The molecule has 10 heteroatoms. The average Bonchev–Trinajstić information content (AvgIpc) is 3.46. The molecular formula is C25H25N3O6S. The van der Waals surface area contributed by atoms with Gasteiger partial charge < -0.3 is 24.8 Å². The fourth-order valence-corrected chi connectivity index (χ4v) is 4.77. The highest BCUT2D eigenvalue weighted by molar-refractivity contribution is 7.09. The van der Waals surface area contributed by atoms with Gasteiger partial charge in [-0.25, -0.2) is 9.78 Å². The van der Waals surface area contributed by atoms with Gasteiger partial charge in [0.05, 0.1) is 13.2 Å². The van der Waals surface area contributed by atoms with Crippen molar-refractivity contribution in [3.8, 4) is 11.1 Å². The van der Waals surface area contributed by atoms with Crippen LogP contribution in [-0.2, 0) is 20.8 Å². The van der Waals surface area contributed by atoms with E-state index in [4.69, 9.17) is 14.6 Å². The molecule has 2 aromatic carbocycles. The molecule has 0 radical (unpaired) electrons. The number of methoxy groups -OCH3 is 1. The monoisotopic (exact) mass is 495 g/mol. The van der Waals surface area contributed by atoms with Gasteiger partial charge in [-0.1, -0.05) is 48.5 Å². The molecule has 3 aromatic rings. The summed E-state index contributed by atoms with van der Waals surface area (Å²) in [5.41, 5.74) is 4.68. The van der Waals surface area contributed by atoms with Crippen molar-refractivity contribution in [3.63, 3.8) is 0 Å². The smallest absolute Gasteiger partial charge is 0.407 e. The van der Waals surface area contributed by atoms with E-state index in [1.807, 2.05) is 24.3 Å². The van der Waals surface area contributed by atoms with Gasteiger partial charge in [-0.2, -0.15) is 0 Å². The molecule has 0 bridgehead atoms. The van der Waals surface area contributed by atoms with Crippen molar-refractivity contribution in [3.05, 3.63) is 75.7 Å². The van der Waals surface area contributed by atoms with E-state index in [0.29, 0.717) is 5.01 Å². The van der Waals surface area contributed by atoms with Gasteiger partial charge in [0, 0.05) is 25.0 Å². The molecular weight excluding hydrogens is 470 g/mol. The highest BCUT2D eigenvalue weighted by Gasteiger charge is 2.29. The number of fused-ring (bicyclic) bond motifs is 3. The summed E-state index contributed by atoms with van der Waals surface area (Å²) in [4.78, 5) is 41.5. The van der Waals surface area contributed by atoms with Gasteiger partial charge in [0.2, 0.25) is 0 Å². The van der Waals surface area contributed by atoms with Crippen molar-refractivity contribution < 1.29 is 29.0 Å². The molecule has 0 atom stereocenters. The minimum atomic E-state index is -1.12. The second-order valence-corrected chi connectivity index (χ2v) is 8.86. The van der Waals surface area contributed by atoms with Crippen molar-refractivity contribution in [2.24, 2.45) is 0 Å². The molecule has 35 heavy (non-hydrogen) atoms. The Morgan fingerprint density at radius 1 is 1.09 bits per heavy atom. The van der Waals surface area contributed by atoms with E-state index in [1.165, 1.54) is 18.4 Å². The second kappa shape index (κ2) is 11.1. The third kappa shape index (κ3) is 5.67. The fraction of sp³-hybridized carbons (Fsp3) is 0.280. The number of benzene rings is 2. The van der Waals surface area contributed by atoms with Crippen LogP contribution in [0.25, 0.3) is 11.1 Å². The number of carbonyl (C=O) groups is 3. The standard InChI is InChI=1S/C25H25N3O6S/c1-33-11-10-28(13-23(29)30)24(31)21-15-35-22(27-21)12-26-25(32)34-14-20-18-8-4-2-6-16(18)17-7-3-5-9-19(17)20/h2-9,15,20H,10-14H2,1H3,(H,26,32)(H,29,30). The first-order valence-electron chi connectivity index (χ1n) is 11.0. The number of ether oxygens (including phenoxy) is 2. The summed E-state index contributed by atoms with van der Waals surface area (Å²) in [6.07, 6.45) is -0.581. The summed E-state index contributed by atoms with van der Waals surface area (Å²) in [5, 5.41) is 13.8. The number of nitrogens with one attached hydrogen (secondary N) is 1. The maximum atomic E-state index is 12.6. The number of carboxylic acid groups (broad SMARTS) is 1. The minimum absolute atomic E-state index is 0.0374.